The molecule has 1 aliphatic heterocycles. The third-order valence-electron chi connectivity index (χ3n) is 5.41. The number of hydrazone groups is 1. The standard InChI is InChI=1S/C23H26N4O4/c1-2-4-18-5-3-6-20(22(18)28)15-24-25-23(29)19-11-13-26(14-12-19)16-17-7-9-21(10-8-17)27(30)31/h2-3,5-10,15,19,28H,1,4,11-14,16H2,(H,25,29)/b24-15-. The summed E-state index contributed by atoms with van der Waals surface area (Å²) in [5.74, 6) is -0.112. The Bertz CT molecular complexity index is 964. The van der Waals surface area contributed by atoms with Crippen LogP contribution in [0, 0.1) is 16.0 Å². The van der Waals surface area contributed by atoms with Gasteiger partial charge in [0.2, 0.25) is 5.91 Å². The number of nitrogens with one attached hydrogen (secondary N) is 1. The van der Waals surface area contributed by atoms with Crippen LogP contribution in [0.5, 0.6) is 5.75 Å². The summed E-state index contributed by atoms with van der Waals surface area (Å²) in [5.41, 5.74) is 4.97. The molecule has 0 bridgehead atoms. The van der Waals surface area contributed by atoms with E-state index in [2.05, 4.69) is 22.0 Å². The van der Waals surface area contributed by atoms with Crippen LogP contribution in [0.2, 0.25) is 0 Å². The van der Waals surface area contributed by atoms with E-state index < -0.39 is 4.92 Å². The summed E-state index contributed by atoms with van der Waals surface area (Å²) in [6, 6.07) is 11.9. The molecule has 3 rings (SSSR count). The van der Waals surface area contributed by atoms with Gasteiger partial charge in [0.1, 0.15) is 5.75 Å². The number of phenols is 1. The normalized spacial score (nSPS) is 15.1. The lowest BCUT2D eigenvalue weighted by Gasteiger charge is -2.30. The lowest BCUT2D eigenvalue weighted by molar-refractivity contribution is -0.384. The first kappa shape index (κ1) is 22.2. The predicted octanol–water partition coefficient (Wildman–Crippen LogP) is 3.39. The number of amides is 1. The molecule has 0 saturated carbocycles. The fraction of sp³-hybridized carbons (Fsp3) is 0.304. The van der Waals surface area contributed by atoms with Crippen molar-refractivity contribution in [1.82, 2.24) is 10.3 Å². The largest absolute Gasteiger partial charge is 0.507 e. The highest BCUT2D eigenvalue weighted by molar-refractivity contribution is 5.86. The number of carbonyl (C=O) groups excluding carboxylic acids is 1. The molecular weight excluding hydrogens is 396 g/mol. The van der Waals surface area contributed by atoms with E-state index in [9.17, 15) is 20.0 Å². The number of nitrogens with zero attached hydrogens (tertiary/aromatic N) is 3. The van der Waals surface area contributed by atoms with Gasteiger partial charge in [0.25, 0.3) is 5.69 Å². The van der Waals surface area contributed by atoms with E-state index in [4.69, 9.17) is 0 Å². The number of hydrogen-bond donors (Lipinski definition) is 2. The van der Waals surface area contributed by atoms with E-state index in [0.29, 0.717) is 31.4 Å². The number of phenolic OH excluding ortho intramolecular Hbond substituents is 1. The Morgan fingerprint density at radius 2 is 1.97 bits per heavy atom. The fourth-order valence-corrected chi connectivity index (χ4v) is 3.63. The molecule has 1 fully saturated rings. The average molecular weight is 422 g/mol. The molecule has 31 heavy (non-hydrogen) atoms. The van der Waals surface area contributed by atoms with Crippen LogP contribution in [-0.4, -0.2) is 40.1 Å². The Morgan fingerprint density at radius 3 is 2.61 bits per heavy atom. The van der Waals surface area contributed by atoms with E-state index in [1.807, 2.05) is 12.1 Å². The summed E-state index contributed by atoms with van der Waals surface area (Å²) in [4.78, 5) is 25.0. The maximum Gasteiger partial charge on any atom is 0.269 e. The number of rotatable bonds is 8. The monoisotopic (exact) mass is 422 g/mol. The zero-order chi connectivity index (χ0) is 22.2. The lowest BCUT2D eigenvalue weighted by atomic mass is 9.96. The molecule has 2 aromatic rings. The minimum absolute atomic E-state index is 0.0837. The minimum Gasteiger partial charge on any atom is -0.507 e. The summed E-state index contributed by atoms with van der Waals surface area (Å²) < 4.78 is 0. The second-order valence-corrected chi connectivity index (χ2v) is 7.56. The van der Waals surface area contributed by atoms with Crippen LogP contribution in [0.3, 0.4) is 0 Å². The van der Waals surface area contributed by atoms with Crippen LogP contribution < -0.4 is 5.43 Å². The van der Waals surface area contributed by atoms with Crippen molar-refractivity contribution in [3.63, 3.8) is 0 Å². The zero-order valence-electron chi connectivity index (χ0n) is 17.2. The number of para-hydroxylation sites is 1. The van der Waals surface area contributed by atoms with Crippen molar-refractivity contribution in [1.29, 1.82) is 0 Å². The van der Waals surface area contributed by atoms with Crippen LogP contribution in [0.1, 0.15) is 29.5 Å². The molecule has 0 atom stereocenters. The minimum atomic E-state index is -0.407. The van der Waals surface area contributed by atoms with Crippen molar-refractivity contribution in [2.75, 3.05) is 13.1 Å². The molecular formula is C23H26N4O4. The van der Waals surface area contributed by atoms with Crippen LogP contribution in [0.15, 0.2) is 60.2 Å². The summed E-state index contributed by atoms with van der Waals surface area (Å²) in [6.45, 7) is 5.91. The number of benzene rings is 2. The van der Waals surface area contributed by atoms with Crippen molar-refractivity contribution in [3.05, 3.63) is 81.9 Å². The maximum absolute atomic E-state index is 12.4. The van der Waals surface area contributed by atoms with Crippen LogP contribution >= 0.6 is 0 Å². The molecule has 1 saturated heterocycles. The van der Waals surface area contributed by atoms with Gasteiger partial charge >= 0.3 is 0 Å². The summed E-state index contributed by atoms with van der Waals surface area (Å²) in [6.07, 6.45) is 5.15. The molecule has 1 aliphatic rings. The van der Waals surface area contributed by atoms with Gasteiger partial charge in [-0.3, -0.25) is 19.8 Å². The van der Waals surface area contributed by atoms with Gasteiger partial charge in [-0.1, -0.05) is 30.3 Å². The van der Waals surface area contributed by atoms with E-state index in [1.54, 1.807) is 24.3 Å². The van der Waals surface area contributed by atoms with Gasteiger partial charge in [-0.2, -0.15) is 5.10 Å². The SMILES string of the molecule is C=CCc1cccc(/C=N\NC(=O)C2CCN(Cc3ccc([N+](=O)[O-])cc3)CC2)c1O. The number of aromatic hydroxyl groups is 1. The van der Waals surface area contributed by atoms with E-state index in [-0.39, 0.29) is 23.3 Å². The molecule has 2 aromatic carbocycles. The zero-order valence-corrected chi connectivity index (χ0v) is 17.2. The predicted molar refractivity (Wildman–Crippen MR) is 119 cm³/mol. The van der Waals surface area contributed by atoms with Crippen LogP contribution in [0.25, 0.3) is 0 Å². The first-order valence-electron chi connectivity index (χ1n) is 10.2. The van der Waals surface area contributed by atoms with Gasteiger partial charge < -0.3 is 5.11 Å². The van der Waals surface area contributed by atoms with Crippen molar-refractivity contribution in [2.24, 2.45) is 11.0 Å². The number of non-ortho nitro benzene ring substituents is 1. The highest BCUT2D eigenvalue weighted by Gasteiger charge is 2.25. The molecule has 0 spiro atoms. The number of carbonyl (C=O) groups is 1. The Kier molecular flexibility index (Phi) is 7.50. The quantitative estimate of drug-likeness (QED) is 0.293. The summed E-state index contributed by atoms with van der Waals surface area (Å²) in [5, 5.41) is 25.0. The second-order valence-electron chi connectivity index (χ2n) is 7.56. The smallest absolute Gasteiger partial charge is 0.269 e. The average Bonchev–Trinajstić information content (AvgIpc) is 2.77. The number of likely N-dealkylation sites (tertiary alicyclic amines) is 1. The van der Waals surface area contributed by atoms with Gasteiger partial charge in [0, 0.05) is 30.2 Å². The van der Waals surface area contributed by atoms with Gasteiger partial charge in [0.05, 0.1) is 11.1 Å². The number of piperidine rings is 1. The lowest BCUT2D eigenvalue weighted by Crippen LogP contribution is -2.39. The van der Waals surface area contributed by atoms with Gasteiger partial charge in [0.15, 0.2) is 0 Å². The highest BCUT2D eigenvalue weighted by atomic mass is 16.6. The van der Waals surface area contributed by atoms with Gasteiger partial charge in [-0.25, -0.2) is 5.43 Å². The fourth-order valence-electron chi connectivity index (χ4n) is 3.63. The highest BCUT2D eigenvalue weighted by Crippen LogP contribution is 2.22. The number of nitro groups is 1. The molecule has 0 aromatic heterocycles. The second kappa shape index (κ2) is 10.5. The molecule has 8 heteroatoms. The van der Waals surface area contributed by atoms with Crippen molar-refractivity contribution < 1.29 is 14.8 Å². The topological polar surface area (TPSA) is 108 Å². The molecule has 0 radical (unpaired) electrons. The Balaban J connectivity index is 1.47. The first-order chi connectivity index (χ1) is 15.0. The molecule has 1 amide bonds. The number of nitro benzene ring substituents is 1. The third-order valence-corrected chi connectivity index (χ3v) is 5.41. The van der Waals surface area contributed by atoms with Gasteiger partial charge in [-0.15, -0.1) is 6.58 Å². The van der Waals surface area contributed by atoms with E-state index in [0.717, 1.165) is 24.2 Å². The van der Waals surface area contributed by atoms with E-state index >= 15 is 0 Å². The van der Waals surface area contributed by atoms with Crippen LogP contribution in [-0.2, 0) is 17.8 Å². The first-order valence-corrected chi connectivity index (χ1v) is 10.2. The third kappa shape index (κ3) is 5.99. The molecule has 1 heterocycles. The Morgan fingerprint density at radius 1 is 1.26 bits per heavy atom. The van der Waals surface area contributed by atoms with E-state index in [1.165, 1.54) is 18.3 Å². The number of hydrogen-bond acceptors (Lipinski definition) is 6. The van der Waals surface area contributed by atoms with Gasteiger partial charge in [-0.05, 0) is 49.5 Å². The molecule has 2 N–H and O–H groups in total. The van der Waals surface area contributed by atoms with Crippen molar-refractivity contribution in [2.45, 2.75) is 25.8 Å². The molecule has 0 unspecified atom stereocenters. The Hall–Kier alpha value is -3.52. The Labute approximate surface area is 181 Å². The van der Waals surface area contributed by atoms with Crippen molar-refractivity contribution in [3.8, 4) is 5.75 Å². The van der Waals surface area contributed by atoms with Crippen molar-refractivity contribution >= 4 is 17.8 Å². The summed E-state index contributed by atoms with van der Waals surface area (Å²) in [7, 11) is 0. The molecule has 8 nitrogen and oxygen atoms in total. The van der Waals surface area contributed by atoms with Crippen LogP contribution in [0.4, 0.5) is 5.69 Å². The summed E-state index contributed by atoms with van der Waals surface area (Å²) >= 11 is 0. The maximum atomic E-state index is 12.4. The molecule has 162 valence electrons. The molecule has 0 aliphatic carbocycles. The number of allylic oxidation sites excluding steroid dienone is 1.